The monoisotopic (exact) mass is 256 g/mol. The smallest absolute Gasteiger partial charge is 0.0224 e. The second kappa shape index (κ2) is 5.50. The molecular formula is C14H28N2S. The summed E-state index contributed by atoms with van der Waals surface area (Å²) in [4.78, 5) is 2.73. The first kappa shape index (κ1) is 13.7. The van der Waals surface area contributed by atoms with Crippen molar-refractivity contribution in [2.45, 2.75) is 52.1 Å². The van der Waals surface area contributed by atoms with E-state index < -0.39 is 0 Å². The van der Waals surface area contributed by atoms with Gasteiger partial charge in [-0.05, 0) is 42.9 Å². The molecule has 0 spiro atoms. The van der Waals surface area contributed by atoms with Gasteiger partial charge >= 0.3 is 0 Å². The van der Waals surface area contributed by atoms with Crippen molar-refractivity contribution in [3.8, 4) is 0 Å². The summed E-state index contributed by atoms with van der Waals surface area (Å²) in [5.41, 5.74) is 6.49. The molecule has 3 unspecified atom stereocenters. The van der Waals surface area contributed by atoms with Crippen molar-refractivity contribution >= 4 is 11.8 Å². The SMILES string of the molecule is CC1CCN(C2CSCC(C)(C)C2)C(CN)C1. The third-order valence-corrected chi connectivity index (χ3v) is 5.96. The molecule has 100 valence electrons. The molecule has 2 heterocycles. The van der Waals surface area contributed by atoms with E-state index in [1.807, 2.05) is 0 Å². The number of hydrogen-bond donors (Lipinski definition) is 1. The van der Waals surface area contributed by atoms with E-state index in [1.54, 1.807) is 0 Å². The van der Waals surface area contributed by atoms with Crippen LogP contribution in [0.1, 0.15) is 40.0 Å². The van der Waals surface area contributed by atoms with E-state index in [2.05, 4.69) is 37.4 Å². The summed E-state index contributed by atoms with van der Waals surface area (Å²) in [6, 6.07) is 1.41. The Morgan fingerprint density at radius 3 is 2.82 bits per heavy atom. The molecule has 0 bridgehead atoms. The number of hydrogen-bond acceptors (Lipinski definition) is 3. The highest BCUT2D eigenvalue weighted by Crippen LogP contribution is 2.37. The summed E-state index contributed by atoms with van der Waals surface area (Å²) >= 11 is 2.13. The molecule has 2 aliphatic heterocycles. The van der Waals surface area contributed by atoms with Crippen molar-refractivity contribution < 1.29 is 0 Å². The van der Waals surface area contributed by atoms with Crippen LogP contribution >= 0.6 is 11.8 Å². The quantitative estimate of drug-likeness (QED) is 0.823. The van der Waals surface area contributed by atoms with Gasteiger partial charge in [-0.25, -0.2) is 0 Å². The summed E-state index contributed by atoms with van der Waals surface area (Å²) < 4.78 is 0. The fourth-order valence-corrected chi connectivity index (χ4v) is 4.79. The van der Waals surface area contributed by atoms with E-state index in [-0.39, 0.29) is 0 Å². The average molecular weight is 256 g/mol. The minimum absolute atomic E-state index is 0.510. The minimum atomic E-state index is 0.510. The van der Waals surface area contributed by atoms with Crippen LogP contribution in [0.4, 0.5) is 0 Å². The predicted octanol–water partition coefficient (Wildman–Crippen LogP) is 2.58. The van der Waals surface area contributed by atoms with Gasteiger partial charge in [-0.2, -0.15) is 11.8 Å². The summed E-state index contributed by atoms with van der Waals surface area (Å²) in [5.74, 6) is 3.50. The topological polar surface area (TPSA) is 29.3 Å². The van der Waals surface area contributed by atoms with Crippen molar-refractivity contribution in [3.63, 3.8) is 0 Å². The van der Waals surface area contributed by atoms with Gasteiger partial charge in [0, 0.05) is 24.4 Å². The van der Waals surface area contributed by atoms with E-state index in [0.717, 1.165) is 18.5 Å². The Bertz CT molecular complexity index is 255. The van der Waals surface area contributed by atoms with Crippen LogP contribution in [0, 0.1) is 11.3 Å². The van der Waals surface area contributed by atoms with Crippen LogP contribution in [0.3, 0.4) is 0 Å². The third-order valence-electron chi connectivity index (χ3n) is 4.36. The molecule has 3 heteroatoms. The highest BCUT2D eigenvalue weighted by molar-refractivity contribution is 7.99. The first-order valence-electron chi connectivity index (χ1n) is 7.05. The number of piperidine rings is 1. The van der Waals surface area contributed by atoms with Crippen LogP contribution in [0.25, 0.3) is 0 Å². The Morgan fingerprint density at radius 2 is 2.18 bits per heavy atom. The summed E-state index contributed by atoms with van der Waals surface area (Å²) in [6.45, 7) is 9.31. The minimum Gasteiger partial charge on any atom is -0.329 e. The van der Waals surface area contributed by atoms with Gasteiger partial charge < -0.3 is 5.73 Å². The highest BCUT2D eigenvalue weighted by Gasteiger charge is 2.36. The summed E-state index contributed by atoms with van der Waals surface area (Å²) in [7, 11) is 0. The number of thioether (sulfide) groups is 1. The maximum Gasteiger partial charge on any atom is 0.0224 e. The molecule has 0 saturated carbocycles. The molecule has 3 atom stereocenters. The Balaban J connectivity index is 2.00. The number of nitrogens with two attached hydrogens (primary N) is 1. The molecule has 0 aliphatic carbocycles. The Labute approximate surface area is 111 Å². The van der Waals surface area contributed by atoms with Crippen molar-refractivity contribution in [3.05, 3.63) is 0 Å². The fourth-order valence-electron chi connectivity index (χ4n) is 3.42. The van der Waals surface area contributed by atoms with Crippen LogP contribution in [0.15, 0.2) is 0 Å². The second-order valence-electron chi connectivity index (χ2n) is 6.79. The zero-order valence-electron chi connectivity index (χ0n) is 11.6. The number of nitrogens with zero attached hydrogens (tertiary/aromatic N) is 1. The maximum absolute atomic E-state index is 5.98. The molecule has 0 amide bonds. The third kappa shape index (κ3) is 3.39. The van der Waals surface area contributed by atoms with E-state index >= 15 is 0 Å². The number of likely N-dealkylation sites (tertiary alicyclic amines) is 1. The first-order valence-corrected chi connectivity index (χ1v) is 8.21. The largest absolute Gasteiger partial charge is 0.329 e. The Kier molecular flexibility index (Phi) is 4.43. The molecular weight excluding hydrogens is 228 g/mol. The molecule has 0 aromatic rings. The summed E-state index contributed by atoms with van der Waals surface area (Å²) in [6.07, 6.45) is 4.01. The molecule has 0 aromatic carbocycles. The van der Waals surface area contributed by atoms with Crippen LogP contribution in [-0.4, -0.2) is 41.6 Å². The van der Waals surface area contributed by atoms with Gasteiger partial charge in [0.1, 0.15) is 0 Å². The molecule has 2 aliphatic rings. The lowest BCUT2D eigenvalue weighted by atomic mass is 9.84. The lowest BCUT2D eigenvalue weighted by molar-refractivity contribution is 0.0638. The van der Waals surface area contributed by atoms with Crippen molar-refractivity contribution in [1.82, 2.24) is 4.90 Å². The maximum atomic E-state index is 5.98. The average Bonchev–Trinajstić information content (AvgIpc) is 2.27. The van der Waals surface area contributed by atoms with Crippen LogP contribution in [0.5, 0.6) is 0 Å². The zero-order chi connectivity index (χ0) is 12.5. The molecule has 2 rings (SSSR count). The molecule has 2 fully saturated rings. The van der Waals surface area contributed by atoms with Crippen LogP contribution in [-0.2, 0) is 0 Å². The molecule has 17 heavy (non-hydrogen) atoms. The summed E-state index contributed by atoms with van der Waals surface area (Å²) in [5, 5.41) is 0. The zero-order valence-corrected chi connectivity index (χ0v) is 12.4. The molecule has 2 nitrogen and oxygen atoms in total. The van der Waals surface area contributed by atoms with Gasteiger partial charge in [0.25, 0.3) is 0 Å². The van der Waals surface area contributed by atoms with E-state index in [1.165, 1.54) is 37.3 Å². The molecule has 2 N–H and O–H groups in total. The van der Waals surface area contributed by atoms with Crippen molar-refractivity contribution in [2.24, 2.45) is 17.1 Å². The van der Waals surface area contributed by atoms with Crippen LogP contribution < -0.4 is 5.73 Å². The van der Waals surface area contributed by atoms with Gasteiger partial charge in [0.05, 0.1) is 0 Å². The Hall–Kier alpha value is 0.270. The predicted molar refractivity (Wildman–Crippen MR) is 77.5 cm³/mol. The van der Waals surface area contributed by atoms with Crippen molar-refractivity contribution in [2.75, 3.05) is 24.6 Å². The standard InChI is InChI=1S/C14H28N2S/c1-11-4-5-16(12(6-11)8-15)13-7-14(2,3)10-17-9-13/h11-13H,4-10,15H2,1-3H3. The number of rotatable bonds is 2. The molecule has 0 aromatic heterocycles. The molecule has 0 radical (unpaired) electrons. The first-order chi connectivity index (χ1) is 8.02. The molecule has 2 saturated heterocycles. The Morgan fingerprint density at radius 1 is 1.41 bits per heavy atom. The van der Waals surface area contributed by atoms with Gasteiger partial charge in [-0.1, -0.05) is 20.8 Å². The van der Waals surface area contributed by atoms with Gasteiger partial charge in [0.15, 0.2) is 0 Å². The fraction of sp³-hybridized carbons (Fsp3) is 1.00. The van der Waals surface area contributed by atoms with Gasteiger partial charge in [-0.3, -0.25) is 4.90 Å². The second-order valence-corrected chi connectivity index (χ2v) is 7.82. The normalized spacial score (nSPS) is 39.2. The van der Waals surface area contributed by atoms with E-state index in [9.17, 15) is 0 Å². The van der Waals surface area contributed by atoms with E-state index in [4.69, 9.17) is 5.73 Å². The lowest BCUT2D eigenvalue weighted by Crippen LogP contribution is -2.54. The van der Waals surface area contributed by atoms with Gasteiger partial charge in [-0.15, -0.1) is 0 Å². The van der Waals surface area contributed by atoms with Gasteiger partial charge in [0.2, 0.25) is 0 Å². The van der Waals surface area contributed by atoms with Crippen LogP contribution in [0.2, 0.25) is 0 Å². The van der Waals surface area contributed by atoms with Crippen molar-refractivity contribution in [1.29, 1.82) is 0 Å². The lowest BCUT2D eigenvalue weighted by Gasteiger charge is -2.47. The van der Waals surface area contributed by atoms with E-state index in [0.29, 0.717) is 11.5 Å². The highest BCUT2D eigenvalue weighted by atomic mass is 32.2.